The Morgan fingerprint density at radius 3 is 2.38 bits per heavy atom. The van der Waals surface area contributed by atoms with Gasteiger partial charge in [0.15, 0.2) is 0 Å². The second-order valence-electron chi connectivity index (χ2n) is 5.86. The van der Waals surface area contributed by atoms with Crippen molar-refractivity contribution in [1.29, 1.82) is 0 Å². The highest BCUT2D eigenvalue weighted by atomic mass is 14.9. The Labute approximate surface area is 126 Å². The first-order chi connectivity index (χ1) is 10.2. The number of aryl methyl sites for hydroxylation is 2. The normalized spacial score (nSPS) is 11.2. The smallest absolute Gasteiger partial charge is 0.0486 e. The van der Waals surface area contributed by atoms with E-state index in [9.17, 15) is 0 Å². The van der Waals surface area contributed by atoms with Crippen LogP contribution < -0.4 is 5.32 Å². The van der Waals surface area contributed by atoms with Crippen molar-refractivity contribution in [3.63, 3.8) is 0 Å². The van der Waals surface area contributed by atoms with Crippen molar-refractivity contribution < 1.29 is 0 Å². The van der Waals surface area contributed by atoms with Gasteiger partial charge in [0, 0.05) is 24.8 Å². The molecular weight excluding hydrogens is 256 g/mol. The standard InChI is InChI=1S/C19H22N2/c1-14-8-15(2)10-17(9-14)13-21-7-6-18-5-4-16(12-20-3)11-19(18)21/h4-11,20H,12-13H2,1-3H3. The molecule has 2 heteroatoms. The maximum atomic E-state index is 3.22. The molecule has 0 radical (unpaired) electrons. The van der Waals surface area contributed by atoms with E-state index in [1.165, 1.54) is 33.2 Å². The van der Waals surface area contributed by atoms with E-state index in [1.807, 2.05) is 7.05 Å². The summed E-state index contributed by atoms with van der Waals surface area (Å²) in [6, 6.07) is 15.7. The van der Waals surface area contributed by atoms with E-state index in [1.54, 1.807) is 0 Å². The summed E-state index contributed by atoms with van der Waals surface area (Å²) in [6.07, 6.45) is 2.19. The van der Waals surface area contributed by atoms with Crippen molar-refractivity contribution in [2.45, 2.75) is 26.9 Å². The van der Waals surface area contributed by atoms with Crippen LogP contribution in [0.3, 0.4) is 0 Å². The second-order valence-corrected chi connectivity index (χ2v) is 5.86. The molecule has 2 nitrogen and oxygen atoms in total. The van der Waals surface area contributed by atoms with Gasteiger partial charge < -0.3 is 9.88 Å². The lowest BCUT2D eigenvalue weighted by Crippen LogP contribution is -2.05. The highest BCUT2D eigenvalue weighted by Crippen LogP contribution is 2.20. The van der Waals surface area contributed by atoms with Crippen LogP contribution in [0.15, 0.2) is 48.7 Å². The Bertz CT molecular complexity index is 748. The first-order valence-corrected chi connectivity index (χ1v) is 7.45. The van der Waals surface area contributed by atoms with Crippen molar-refractivity contribution in [3.8, 4) is 0 Å². The monoisotopic (exact) mass is 278 g/mol. The molecule has 1 aromatic heterocycles. The molecule has 0 fully saturated rings. The average Bonchev–Trinajstić information content (AvgIpc) is 2.81. The number of nitrogens with zero attached hydrogens (tertiary/aromatic N) is 1. The van der Waals surface area contributed by atoms with Crippen molar-refractivity contribution in [1.82, 2.24) is 9.88 Å². The zero-order valence-corrected chi connectivity index (χ0v) is 13.0. The molecule has 0 unspecified atom stereocenters. The molecule has 2 aromatic carbocycles. The predicted molar refractivity (Wildman–Crippen MR) is 89.7 cm³/mol. The van der Waals surface area contributed by atoms with Gasteiger partial charge in [0.25, 0.3) is 0 Å². The van der Waals surface area contributed by atoms with E-state index in [0.29, 0.717) is 0 Å². The lowest BCUT2D eigenvalue weighted by molar-refractivity contribution is 0.812. The third kappa shape index (κ3) is 3.01. The van der Waals surface area contributed by atoms with E-state index < -0.39 is 0 Å². The lowest BCUT2D eigenvalue weighted by Gasteiger charge is -2.09. The quantitative estimate of drug-likeness (QED) is 0.762. The van der Waals surface area contributed by atoms with Gasteiger partial charge in [0.1, 0.15) is 0 Å². The Kier molecular flexibility index (Phi) is 3.80. The van der Waals surface area contributed by atoms with Crippen molar-refractivity contribution in [3.05, 3.63) is 70.9 Å². The highest BCUT2D eigenvalue weighted by molar-refractivity contribution is 5.81. The molecule has 0 spiro atoms. The summed E-state index contributed by atoms with van der Waals surface area (Å²) in [5.74, 6) is 0. The van der Waals surface area contributed by atoms with Crippen LogP contribution in [0.2, 0.25) is 0 Å². The third-order valence-corrected chi connectivity index (χ3v) is 3.85. The highest BCUT2D eigenvalue weighted by Gasteiger charge is 2.04. The van der Waals surface area contributed by atoms with Gasteiger partial charge in [0.05, 0.1) is 0 Å². The van der Waals surface area contributed by atoms with Gasteiger partial charge >= 0.3 is 0 Å². The minimum absolute atomic E-state index is 0.907. The predicted octanol–water partition coefficient (Wildman–Crippen LogP) is 4.03. The second kappa shape index (κ2) is 5.74. The summed E-state index contributed by atoms with van der Waals surface area (Å²) >= 11 is 0. The van der Waals surface area contributed by atoms with Crippen LogP contribution in [0.5, 0.6) is 0 Å². The first kappa shape index (κ1) is 13.9. The fraction of sp³-hybridized carbons (Fsp3) is 0.263. The molecule has 0 bridgehead atoms. The third-order valence-electron chi connectivity index (χ3n) is 3.85. The molecule has 0 saturated carbocycles. The van der Waals surface area contributed by atoms with Crippen LogP contribution in [0.25, 0.3) is 10.9 Å². The molecule has 0 atom stereocenters. The van der Waals surface area contributed by atoms with E-state index in [-0.39, 0.29) is 0 Å². The number of rotatable bonds is 4. The number of fused-ring (bicyclic) bond motifs is 1. The van der Waals surface area contributed by atoms with Gasteiger partial charge in [-0.05, 0) is 49.5 Å². The summed E-state index contributed by atoms with van der Waals surface area (Å²) in [7, 11) is 1.98. The number of benzene rings is 2. The van der Waals surface area contributed by atoms with E-state index >= 15 is 0 Å². The molecule has 0 saturated heterocycles. The summed E-state index contributed by atoms with van der Waals surface area (Å²) < 4.78 is 2.34. The average molecular weight is 278 g/mol. The molecule has 3 rings (SSSR count). The van der Waals surface area contributed by atoms with Crippen LogP contribution in [-0.4, -0.2) is 11.6 Å². The largest absolute Gasteiger partial charge is 0.343 e. The van der Waals surface area contributed by atoms with Gasteiger partial charge in [-0.2, -0.15) is 0 Å². The summed E-state index contributed by atoms with van der Waals surface area (Å²) in [6.45, 7) is 6.16. The molecular formula is C19H22N2. The molecule has 21 heavy (non-hydrogen) atoms. The summed E-state index contributed by atoms with van der Waals surface area (Å²) in [4.78, 5) is 0. The van der Waals surface area contributed by atoms with Gasteiger partial charge in [-0.1, -0.05) is 41.5 Å². The van der Waals surface area contributed by atoms with E-state index in [2.05, 4.69) is 72.4 Å². The fourth-order valence-electron chi connectivity index (χ4n) is 3.04. The fourth-order valence-corrected chi connectivity index (χ4v) is 3.04. The Morgan fingerprint density at radius 1 is 0.905 bits per heavy atom. The molecule has 0 amide bonds. The topological polar surface area (TPSA) is 17.0 Å². The van der Waals surface area contributed by atoms with E-state index in [0.717, 1.165) is 13.1 Å². The Balaban J connectivity index is 1.97. The van der Waals surface area contributed by atoms with Crippen LogP contribution in [0.4, 0.5) is 0 Å². The maximum Gasteiger partial charge on any atom is 0.0486 e. The summed E-state index contributed by atoms with van der Waals surface area (Å²) in [5.41, 5.74) is 6.66. The first-order valence-electron chi connectivity index (χ1n) is 7.45. The molecule has 0 aliphatic heterocycles. The zero-order valence-electron chi connectivity index (χ0n) is 13.0. The van der Waals surface area contributed by atoms with E-state index in [4.69, 9.17) is 0 Å². The minimum Gasteiger partial charge on any atom is -0.343 e. The molecule has 0 aliphatic carbocycles. The zero-order chi connectivity index (χ0) is 14.8. The van der Waals surface area contributed by atoms with Gasteiger partial charge in [-0.25, -0.2) is 0 Å². The molecule has 1 heterocycles. The van der Waals surface area contributed by atoms with Gasteiger partial charge in [0.2, 0.25) is 0 Å². The van der Waals surface area contributed by atoms with Crippen molar-refractivity contribution >= 4 is 10.9 Å². The van der Waals surface area contributed by atoms with Crippen LogP contribution in [0.1, 0.15) is 22.3 Å². The van der Waals surface area contributed by atoms with Gasteiger partial charge in [-0.15, -0.1) is 0 Å². The molecule has 1 N–H and O–H groups in total. The number of aromatic nitrogens is 1. The van der Waals surface area contributed by atoms with Crippen molar-refractivity contribution in [2.24, 2.45) is 0 Å². The Morgan fingerprint density at radius 2 is 1.67 bits per heavy atom. The maximum absolute atomic E-state index is 3.22. The molecule has 0 aliphatic rings. The number of hydrogen-bond donors (Lipinski definition) is 1. The molecule has 108 valence electrons. The van der Waals surface area contributed by atoms with Gasteiger partial charge in [-0.3, -0.25) is 0 Å². The summed E-state index contributed by atoms with van der Waals surface area (Å²) in [5, 5.41) is 4.52. The molecule has 3 aromatic rings. The van der Waals surface area contributed by atoms with Crippen LogP contribution in [-0.2, 0) is 13.1 Å². The number of nitrogens with one attached hydrogen (secondary N) is 1. The SMILES string of the molecule is CNCc1ccc2ccn(Cc3cc(C)cc(C)c3)c2c1. The lowest BCUT2D eigenvalue weighted by atomic mass is 10.1. The number of hydrogen-bond acceptors (Lipinski definition) is 1. The Hall–Kier alpha value is -2.06. The van der Waals surface area contributed by atoms with Crippen LogP contribution in [0, 0.1) is 13.8 Å². The van der Waals surface area contributed by atoms with Crippen molar-refractivity contribution in [2.75, 3.05) is 7.05 Å². The minimum atomic E-state index is 0.907. The van der Waals surface area contributed by atoms with Crippen LogP contribution >= 0.6 is 0 Å².